The number of benzene rings is 1. The molecule has 1 aliphatic rings. The Morgan fingerprint density at radius 3 is 2.74 bits per heavy atom. The van der Waals surface area contributed by atoms with Crippen LogP contribution in [0, 0.1) is 5.92 Å². The van der Waals surface area contributed by atoms with Crippen LogP contribution in [0.25, 0.3) is 10.9 Å². The molecule has 0 radical (unpaired) electrons. The van der Waals surface area contributed by atoms with E-state index in [4.69, 9.17) is 11.6 Å². The third-order valence-corrected chi connectivity index (χ3v) is 5.53. The summed E-state index contributed by atoms with van der Waals surface area (Å²) in [4.78, 5) is 38.9. The molecule has 0 spiro atoms. The molecular formula is C23H26ClN5O2. The van der Waals surface area contributed by atoms with Crippen molar-refractivity contribution >= 4 is 40.2 Å². The molecule has 4 rings (SSSR count). The fourth-order valence-corrected chi connectivity index (χ4v) is 3.82. The molecule has 7 nitrogen and oxygen atoms in total. The zero-order chi connectivity index (χ0) is 22.1. The predicted molar refractivity (Wildman–Crippen MR) is 124 cm³/mol. The van der Waals surface area contributed by atoms with Crippen LogP contribution >= 0.6 is 11.6 Å². The smallest absolute Gasteiger partial charge is 0.253 e. The normalized spacial score (nSPS) is 14.6. The fraction of sp³-hybridized carbons (Fsp3) is 0.391. The number of pyridine rings is 1. The van der Waals surface area contributed by atoms with E-state index in [9.17, 15) is 9.59 Å². The van der Waals surface area contributed by atoms with Gasteiger partial charge in [0.05, 0.1) is 6.04 Å². The van der Waals surface area contributed by atoms with Crippen LogP contribution in [0.3, 0.4) is 0 Å². The summed E-state index contributed by atoms with van der Waals surface area (Å²) in [5.41, 5.74) is 1.10. The van der Waals surface area contributed by atoms with Crippen molar-refractivity contribution in [1.82, 2.24) is 15.0 Å². The lowest BCUT2D eigenvalue weighted by molar-refractivity contribution is -0.119. The van der Waals surface area contributed by atoms with Gasteiger partial charge in [0, 0.05) is 40.1 Å². The first-order valence-electron chi connectivity index (χ1n) is 10.6. The number of rotatable bonds is 7. The highest BCUT2D eigenvalue weighted by molar-refractivity contribution is 6.31. The molecule has 1 amide bonds. The highest BCUT2D eigenvalue weighted by Gasteiger charge is 2.34. The molecule has 162 valence electrons. The zero-order valence-electron chi connectivity index (χ0n) is 17.9. The van der Waals surface area contributed by atoms with Crippen molar-refractivity contribution in [2.24, 2.45) is 5.92 Å². The van der Waals surface area contributed by atoms with E-state index in [0.717, 1.165) is 23.7 Å². The molecule has 1 saturated carbocycles. The first-order chi connectivity index (χ1) is 14.8. The SMILES string of the molecule is CC(C)CC(=O)N(c1ccnc(N[C@@H](C)c2cc3cc(Cl)ccc3[nH]c2=O)n1)C1CC1. The number of H-pyrrole nitrogens is 1. The number of hydrogen-bond donors (Lipinski definition) is 2. The third kappa shape index (κ3) is 4.88. The summed E-state index contributed by atoms with van der Waals surface area (Å²) in [6.07, 6.45) is 4.10. The Bertz CT molecular complexity index is 1170. The van der Waals surface area contributed by atoms with Gasteiger partial charge in [0.2, 0.25) is 11.9 Å². The topological polar surface area (TPSA) is 91.0 Å². The van der Waals surface area contributed by atoms with Gasteiger partial charge in [0.1, 0.15) is 5.82 Å². The number of nitrogens with one attached hydrogen (secondary N) is 2. The maximum Gasteiger partial charge on any atom is 0.253 e. The van der Waals surface area contributed by atoms with Crippen LogP contribution in [0.2, 0.25) is 5.02 Å². The van der Waals surface area contributed by atoms with Crippen LogP contribution < -0.4 is 15.8 Å². The minimum absolute atomic E-state index is 0.0815. The van der Waals surface area contributed by atoms with E-state index in [1.165, 1.54) is 0 Å². The number of amides is 1. The van der Waals surface area contributed by atoms with Gasteiger partial charge < -0.3 is 10.3 Å². The van der Waals surface area contributed by atoms with E-state index in [2.05, 4.69) is 20.3 Å². The third-order valence-electron chi connectivity index (χ3n) is 5.30. The van der Waals surface area contributed by atoms with Gasteiger partial charge in [0.15, 0.2) is 0 Å². The molecule has 2 aromatic heterocycles. The first kappa shape index (κ1) is 21.3. The second-order valence-corrected chi connectivity index (χ2v) is 8.92. The maximum absolute atomic E-state index is 12.8. The van der Waals surface area contributed by atoms with Crippen LogP contribution in [0.5, 0.6) is 0 Å². The Labute approximate surface area is 185 Å². The van der Waals surface area contributed by atoms with E-state index in [-0.39, 0.29) is 29.5 Å². The van der Waals surface area contributed by atoms with Crippen LogP contribution in [0.4, 0.5) is 11.8 Å². The summed E-state index contributed by atoms with van der Waals surface area (Å²) in [7, 11) is 0. The maximum atomic E-state index is 12.8. The Hall–Kier alpha value is -2.93. The molecule has 31 heavy (non-hydrogen) atoms. The molecule has 1 atom stereocenters. The Morgan fingerprint density at radius 2 is 2.03 bits per heavy atom. The number of aromatic amines is 1. The highest BCUT2D eigenvalue weighted by atomic mass is 35.5. The molecule has 0 unspecified atom stereocenters. The summed E-state index contributed by atoms with van der Waals surface area (Å²) in [5, 5.41) is 4.66. The number of hydrogen-bond acceptors (Lipinski definition) is 5. The number of aromatic nitrogens is 3. The average molecular weight is 440 g/mol. The molecule has 0 bridgehead atoms. The zero-order valence-corrected chi connectivity index (χ0v) is 18.6. The lowest BCUT2D eigenvalue weighted by Gasteiger charge is -2.23. The van der Waals surface area contributed by atoms with Gasteiger partial charge in [-0.1, -0.05) is 25.4 Å². The number of fused-ring (bicyclic) bond motifs is 1. The van der Waals surface area contributed by atoms with Crippen molar-refractivity contribution in [2.75, 3.05) is 10.2 Å². The van der Waals surface area contributed by atoms with Crippen LogP contribution in [0.1, 0.15) is 51.6 Å². The van der Waals surface area contributed by atoms with Gasteiger partial charge >= 0.3 is 0 Å². The number of nitrogens with zero attached hydrogens (tertiary/aromatic N) is 3. The molecule has 3 aromatic rings. The molecule has 0 saturated heterocycles. The fourth-order valence-electron chi connectivity index (χ4n) is 3.64. The molecular weight excluding hydrogens is 414 g/mol. The average Bonchev–Trinajstić information content (AvgIpc) is 3.52. The summed E-state index contributed by atoms with van der Waals surface area (Å²) in [6.45, 7) is 5.94. The van der Waals surface area contributed by atoms with Gasteiger partial charge in [-0.05, 0) is 56.0 Å². The highest BCUT2D eigenvalue weighted by Crippen LogP contribution is 2.32. The summed E-state index contributed by atoms with van der Waals surface area (Å²) in [5.74, 6) is 1.33. The van der Waals surface area contributed by atoms with Gasteiger partial charge in [-0.2, -0.15) is 4.98 Å². The second-order valence-electron chi connectivity index (χ2n) is 8.48. The van der Waals surface area contributed by atoms with Gasteiger partial charge in [-0.15, -0.1) is 0 Å². The Balaban J connectivity index is 1.59. The quantitative estimate of drug-likeness (QED) is 0.557. The predicted octanol–water partition coefficient (Wildman–Crippen LogP) is 4.69. The molecule has 1 aliphatic carbocycles. The molecule has 8 heteroatoms. The van der Waals surface area contributed by atoms with Crippen molar-refractivity contribution in [3.8, 4) is 0 Å². The van der Waals surface area contributed by atoms with Gasteiger partial charge in [-0.3, -0.25) is 14.5 Å². The first-order valence-corrected chi connectivity index (χ1v) is 10.9. The molecule has 0 aliphatic heterocycles. The lowest BCUT2D eigenvalue weighted by Crippen LogP contribution is -2.34. The summed E-state index contributed by atoms with van der Waals surface area (Å²) < 4.78 is 0. The van der Waals surface area contributed by atoms with Crippen LogP contribution in [0.15, 0.2) is 41.3 Å². The van der Waals surface area contributed by atoms with E-state index < -0.39 is 0 Å². The van der Waals surface area contributed by atoms with Crippen molar-refractivity contribution in [1.29, 1.82) is 0 Å². The molecule has 1 aromatic carbocycles. The van der Waals surface area contributed by atoms with E-state index in [1.807, 2.05) is 32.9 Å². The van der Waals surface area contributed by atoms with Crippen LogP contribution in [-0.2, 0) is 4.79 Å². The number of halogens is 1. The molecule has 2 heterocycles. The monoisotopic (exact) mass is 439 g/mol. The number of carbonyl (C=O) groups is 1. The van der Waals surface area contributed by atoms with Crippen molar-refractivity contribution in [3.05, 3.63) is 57.5 Å². The lowest BCUT2D eigenvalue weighted by atomic mass is 10.1. The van der Waals surface area contributed by atoms with Crippen LogP contribution in [-0.4, -0.2) is 26.9 Å². The second kappa shape index (κ2) is 8.67. The minimum atomic E-state index is -0.344. The van der Waals surface area contributed by atoms with Gasteiger partial charge in [0.25, 0.3) is 5.56 Å². The number of anilines is 2. The summed E-state index contributed by atoms with van der Waals surface area (Å²) in [6, 6.07) is 8.79. The van der Waals surface area contributed by atoms with E-state index in [0.29, 0.717) is 28.8 Å². The molecule has 2 N–H and O–H groups in total. The largest absolute Gasteiger partial charge is 0.347 e. The van der Waals surface area contributed by atoms with Crippen molar-refractivity contribution in [2.45, 2.75) is 52.1 Å². The number of carbonyl (C=O) groups excluding carboxylic acids is 1. The molecule has 1 fully saturated rings. The van der Waals surface area contributed by atoms with Crippen molar-refractivity contribution in [3.63, 3.8) is 0 Å². The Kier molecular flexibility index (Phi) is 5.96. The standard InChI is InChI=1S/C23H26ClN5O2/c1-13(2)10-21(30)29(17-5-6-17)20-8-9-25-23(28-20)26-14(3)18-12-15-11-16(24)4-7-19(15)27-22(18)31/h4,7-9,11-14,17H,5-6,10H2,1-3H3,(H,27,31)(H,25,26,28)/t14-/m0/s1. The van der Waals surface area contributed by atoms with Gasteiger partial charge in [-0.25, -0.2) is 4.98 Å². The van der Waals surface area contributed by atoms with E-state index >= 15 is 0 Å². The minimum Gasteiger partial charge on any atom is -0.347 e. The Morgan fingerprint density at radius 1 is 1.26 bits per heavy atom. The summed E-state index contributed by atoms with van der Waals surface area (Å²) >= 11 is 6.09. The van der Waals surface area contributed by atoms with Crippen molar-refractivity contribution < 1.29 is 4.79 Å². The van der Waals surface area contributed by atoms with E-state index in [1.54, 1.807) is 29.3 Å².